The third-order valence-electron chi connectivity index (χ3n) is 4.02. The molecular weight excluding hydrogens is 350 g/mol. The topological polar surface area (TPSA) is 106 Å². The number of methoxy groups -OCH3 is 1. The molecule has 0 aromatic heterocycles. The zero-order valence-electron chi connectivity index (χ0n) is 16.0. The molecule has 7 heteroatoms. The van der Waals surface area contributed by atoms with Crippen molar-refractivity contribution in [3.8, 4) is 11.8 Å². The lowest BCUT2D eigenvalue weighted by Gasteiger charge is -2.21. The molecule has 0 heterocycles. The highest BCUT2D eigenvalue weighted by molar-refractivity contribution is 5.97. The zero-order valence-corrected chi connectivity index (χ0v) is 16.0. The van der Waals surface area contributed by atoms with Crippen LogP contribution in [0.4, 0.5) is 0 Å². The van der Waals surface area contributed by atoms with E-state index in [4.69, 9.17) is 19.5 Å². The lowest BCUT2D eigenvalue weighted by molar-refractivity contribution is -0.159. The number of esters is 2. The number of carbonyl (C=O) groups excluding carboxylic acids is 2. The standard InChI is InChI=1S/C20H25NO6/c1-5-20(2,3)19(24)27-13-16(22)12-26-18(23)15(11-21)10-14-6-8-17(25-4)9-7-14/h6-10,16,22H,5,12-13H2,1-4H3/b15-10+. The van der Waals surface area contributed by atoms with Gasteiger partial charge in [0.2, 0.25) is 0 Å². The van der Waals surface area contributed by atoms with Crippen LogP contribution >= 0.6 is 0 Å². The average molecular weight is 375 g/mol. The lowest BCUT2D eigenvalue weighted by atomic mass is 9.91. The van der Waals surface area contributed by atoms with Gasteiger partial charge in [0.15, 0.2) is 0 Å². The molecule has 0 aliphatic rings. The minimum absolute atomic E-state index is 0.212. The Kier molecular flexibility index (Phi) is 8.49. The molecule has 0 saturated carbocycles. The molecule has 1 N–H and O–H groups in total. The number of nitriles is 1. The van der Waals surface area contributed by atoms with Gasteiger partial charge >= 0.3 is 11.9 Å². The van der Waals surface area contributed by atoms with Gasteiger partial charge < -0.3 is 19.3 Å². The summed E-state index contributed by atoms with van der Waals surface area (Å²) in [5, 5.41) is 19.0. The van der Waals surface area contributed by atoms with Crippen molar-refractivity contribution < 1.29 is 28.9 Å². The fourth-order valence-corrected chi connectivity index (χ4v) is 1.81. The lowest BCUT2D eigenvalue weighted by Crippen LogP contribution is -2.31. The van der Waals surface area contributed by atoms with Crippen LogP contribution in [0.3, 0.4) is 0 Å². The molecule has 0 spiro atoms. The first-order valence-corrected chi connectivity index (χ1v) is 8.51. The maximum Gasteiger partial charge on any atom is 0.348 e. The zero-order chi connectivity index (χ0) is 20.4. The molecule has 1 rings (SSSR count). The maximum atomic E-state index is 12.0. The molecular formula is C20H25NO6. The van der Waals surface area contributed by atoms with Crippen molar-refractivity contribution in [1.82, 2.24) is 0 Å². The smallest absolute Gasteiger partial charge is 0.348 e. The molecule has 146 valence electrons. The number of ether oxygens (including phenoxy) is 3. The van der Waals surface area contributed by atoms with Gasteiger partial charge in [-0.3, -0.25) is 4.79 Å². The molecule has 0 saturated heterocycles. The van der Waals surface area contributed by atoms with Gasteiger partial charge in [-0.1, -0.05) is 19.1 Å². The number of rotatable bonds is 9. The summed E-state index contributed by atoms with van der Waals surface area (Å²) in [5.74, 6) is -0.655. The van der Waals surface area contributed by atoms with E-state index >= 15 is 0 Å². The second-order valence-corrected chi connectivity index (χ2v) is 6.53. The Labute approximate surface area is 159 Å². The van der Waals surface area contributed by atoms with Crippen LogP contribution in [0.15, 0.2) is 29.8 Å². The van der Waals surface area contributed by atoms with Crippen molar-refractivity contribution in [2.45, 2.75) is 33.3 Å². The number of benzene rings is 1. The van der Waals surface area contributed by atoms with Crippen LogP contribution in [0.25, 0.3) is 6.08 Å². The summed E-state index contributed by atoms with van der Waals surface area (Å²) >= 11 is 0. The van der Waals surface area contributed by atoms with Crippen molar-refractivity contribution >= 4 is 18.0 Å². The maximum absolute atomic E-state index is 12.0. The summed E-state index contributed by atoms with van der Waals surface area (Å²) in [4.78, 5) is 23.8. The normalized spacial score (nSPS) is 12.7. The SMILES string of the molecule is CCC(C)(C)C(=O)OCC(O)COC(=O)/C(C#N)=C/c1ccc(OC)cc1. The number of carbonyl (C=O) groups is 2. The molecule has 27 heavy (non-hydrogen) atoms. The fraction of sp³-hybridized carbons (Fsp3) is 0.450. The minimum atomic E-state index is -1.17. The van der Waals surface area contributed by atoms with E-state index in [2.05, 4.69) is 0 Å². The molecule has 0 radical (unpaired) electrons. The van der Waals surface area contributed by atoms with E-state index in [0.29, 0.717) is 17.7 Å². The predicted molar refractivity (Wildman–Crippen MR) is 98.6 cm³/mol. The Hall–Kier alpha value is -2.85. The van der Waals surface area contributed by atoms with E-state index in [1.54, 1.807) is 44.2 Å². The largest absolute Gasteiger partial charge is 0.497 e. The highest BCUT2D eigenvalue weighted by atomic mass is 16.6. The van der Waals surface area contributed by atoms with Crippen LogP contribution in [0.5, 0.6) is 5.75 Å². The van der Waals surface area contributed by atoms with Gasteiger partial charge in [-0.25, -0.2) is 4.79 Å². The van der Waals surface area contributed by atoms with Gasteiger partial charge in [0.25, 0.3) is 0 Å². The fourth-order valence-electron chi connectivity index (χ4n) is 1.81. The first kappa shape index (κ1) is 22.2. The van der Waals surface area contributed by atoms with E-state index < -0.39 is 23.5 Å². The van der Waals surface area contributed by atoms with Crippen molar-refractivity contribution in [2.75, 3.05) is 20.3 Å². The number of nitrogens with zero attached hydrogens (tertiary/aromatic N) is 1. The highest BCUT2D eigenvalue weighted by Gasteiger charge is 2.27. The molecule has 0 fully saturated rings. The summed E-state index contributed by atoms with van der Waals surface area (Å²) in [6.45, 7) is 4.66. The Morgan fingerprint density at radius 1 is 1.22 bits per heavy atom. The van der Waals surface area contributed by atoms with Crippen LogP contribution in [-0.4, -0.2) is 43.5 Å². The van der Waals surface area contributed by atoms with Crippen molar-refractivity contribution in [3.63, 3.8) is 0 Å². The van der Waals surface area contributed by atoms with Crippen LogP contribution in [0.1, 0.15) is 32.8 Å². The third kappa shape index (κ3) is 7.12. The monoisotopic (exact) mass is 375 g/mol. The van der Waals surface area contributed by atoms with Crippen molar-refractivity contribution in [2.24, 2.45) is 5.41 Å². The first-order valence-electron chi connectivity index (χ1n) is 8.51. The molecule has 0 aliphatic heterocycles. The summed E-state index contributed by atoms with van der Waals surface area (Å²) in [7, 11) is 1.54. The number of hydrogen-bond donors (Lipinski definition) is 1. The number of aliphatic hydroxyl groups excluding tert-OH is 1. The molecule has 7 nitrogen and oxygen atoms in total. The Bertz CT molecular complexity index is 715. The highest BCUT2D eigenvalue weighted by Crippen LogP contribution is 2.21. The number of aliphatic hydroxyl groups is 1. The van der Waals surface area contributed by atoms with Gasteiger partial charge in [-0.2, -0.15) is 5.26 Å². The molecule has 0 aliphatic carbocycles. The molecule has 0 amide bonds. The van der Waals surface area contributed by atoms with Crippen LogP contribution < -0.4 is 4.74 Å². The van der Waals surface area contributed by atoms with E-state index in [1.165, 1.54) is 13.2 Å². The summed E-state index contributed by atoms with van der Waals surface area (Å²) in [5.41, 5.74) is -0.233. The van der Waals surface area contributed by atoms with Crippen LogP contribution in [0.2, 0.25) is 0 Å². The van der Waals surface area contributed by atoms with Crippen molar-refractivity contribution in [3.05, 3.63) is 35.4 Å². The molecule has 0 bridgehead atoms. The summed E-state index contributed by atoms with van der Waals surface area (Å²) < 4.78 is 15.0. The summed E-state index contributed by atoms with van der Waals surface area (Å²) in [6.07, 6.45) is 0.794. The molecule has 1 atom stereocenters. The second-order valence-electron chi connectivity index (χ2n) is 6.53. The molecule has 1 aromatic rings. The van der Waals surface area contributed by atoms with Crippen LogP contribution in [0, 0.1) is 16.7 Å². The van der Waals surface area contributed by atoms with E-state index in [-0.39, 0.29) is 18.8 Å². The molecule has 1 unspecified atom stereocenters. The minimum Gasteiger partial charge on any atom is -0.497 e. The number of hydrogen-bond acceptors (Lipinski definition) is 7. The average Bonchev–Trinajstić information content (AvgIpc) is 2.68. The molecule has 1 aromatic carbocycles. The quantitative estimate of drug-likeness (QED) is 0.401. The Morgan fingerprint density at radius 2 is 1.81 bits per heavy atom. The van der Waals surface area contributed by atoms with Crippen LogP contribution in [-0.2, 0) is 19.1 Å². The van der Waals surface area contributed by atoms with E-state index in [1.807, 2.05) is 6.92 Å². The Balaban J connectivity index is 2.57. The van der Waals surface area contributed by atoms with Gasteiger partial charge in [0.1, 0.15) is 36.7 Å². The predicted octanol–water partition coefficient (Wildman–Crippen LogP) is 2.49. The van der Waals surface area contributed by atoms with Gasteiger partial charge in [0, 0.05) is 0 Å². The van der Waals surface area contributed by atoms with Gasteiger partial charge in [-0.15, -0.1) is 0 Å². The summed E-state index contributed by atoms with van der Waals surface area (Å²) in [6, 6.07) is 8.54. The Morgan fingerprint density at radius 3 is 2.33 bits per heavy atom. The van der Waals surface area contributed by atoms with Gasteiger partial charge in [0.05, 0.1) is 12.5 Å². The third-order valence-corrected chi connectivity index (χ3v) is 4.02. The first-order chi connectivity index (χ1) is 12.7. The van der Waals surface area contributed by atoms with Crippen molar-refractivity contribution in [1.29, 1.82) is 5.26 Å². The second kappa shape index (κ2) is 10.3. The van der Waals surface area contributed by atoms with E-state index in [9.17, 15) is 14.7 Å². The van der Waals surface area contributed by atoms with Gasteiger partial charge in [-0.05, 0) is 44.0 Å². The van der Waals surface area contributed by atoms with E-state index in [0.717, 1.165) is 0 Å².